The highest BCUT2D eigenvalue weighted by molar-refractivity contribution is 5.78. The van der Waals surface area contributed by atoms with Gasteiger partial charge in [-0.05, 0) is 26.8 Å². The fourth-order valence-electron chi connectivity index (χ4n) is 1.29. The molecule has 2 heteroatoms. The molecular formula is C12H16O2. The van der Waals surface area contributed by atoms with Gasteiger partial charge in [-0.25, -0.2) is 0 Å². The van der Waals surface area contributed by atoms with Gasteiger partial charge in [0.1, 0.15) is 11.5 Å². The Labute approximate surface area is 84.9 Å². The van der Waals surface area contributed by atoms with Crippen molar-refractivity contribution in [2.75, 3.05) is 0 Å². The van der Waals surface area contributed by atoms with Crippen LogP contribution in [0.5, 0.6) is 5.75 Å². The molecule has 0 radical (unpaired) electrons. The molecular weight excluding hydrogens is 176 g/mol. The lowest BCUT2D eigenvalue weighted by Gasteiger charge is -2.13. The van der Waals surface area contributed by atoms with Gasteiger partial charge in [-0.1, -0.05) is 18.2 Å². The molecule has 14 heavy (non-hydrogen) atoms. The van der Waals surface area contributed by atoms with Crippen molar-refractivity contribution < 1.29 is 9.53 Å². The van der Waals surface area contributed by atoms with Crippen LogP contribution in [0.2, 0.25) is 0 Å². The van der Waals surface area contributed by atoms with Gasteiger partial charge in [0, 0.05) is 12.0 Å². The van der Waals surface area contributed by atoms with Crippen molar-refractivity contribution >= 4 is 5.78 Å². The number of hydrogen-bond acceptors (Lipinski definition) is 2. The molecule has 0 fully saturated rings. The zero-order chi connectivity index (χ0) is 10.6. The summed E-state index contributed by atoms with van der Waals surface area (Å²) in [6.07, 6.45) is 0.589. The Morgan fingerprint density at radius 3 is 2.57 bits per heavy atom. The molecule has 0 atom stereocenters. The van der Waals surface area contributed by atoms with E-state index in [2.05, 4.69) is 0 Å². The first kappa shape index (κ1) is 10.8. The molecule has 0 amide bonds. The third-order valence-corrected chi connectivity index (χ3v) is 1.77. The molecule has 0 N–H and O–H groups in total. The second-order valence-electron chi connectivity index (χ2n) is 3.65. The van der Waals surface area contributed by atoms with Gasteiger partial charge in [-0.3, -0.25) is 4.79 Å². The summed E-state index contributed by atoms with van der Waals surface area (Å²) in [5.74, 6) is 0.975. The Balaban J connectivity index is 2.85. The average molecular weight is 192 g/mol. The first-order valence-corrected chi connectivity index (χ1v) is 4.83. The maximum atomic E-state index is 11.0. The molecule has 1 rings (SSSR count). The molecule has 0 spiro atoms. The molecule has 0 heterocycles. The molecule has 0 aliphatic carbocycles. The lowest BCUT2D eigenvalue weighted by Crippen LogP contribution is -2.08. The maximum absolute atomic E-state index is 11.0. The number of hydrogen-bond donors (Lipinski definition) is 0. The molecule has 0 aliphatic heterocycles. The predicted octanol–water partition coefficient (Wildman–Crippen LogP) is 2.61. The summed E-state index contributed by atoms with van der Waals surface area (Å²) in [5.41, 5.74) is 0.966. The molecule has 1 aromatic carbocycles. The van der Waals surface area contributed by atoms with Crippen LogP contribution in [0, 0.1) is 0 Å². The predicted molar refractivity (Wildman–Crippen MR) is 56.6 cm³/mol. The molecule has 0 aromatic heterocycles. The van der Waals surface area contributed by atoms with Crippen LogP contribution in [-0.2, 0) is 11.2 Å². The Morgan fingerprint density at radius 2 is 2.00 bits per heavy atom. The molecule has 0 unspecified atom stereocenters. The largest absolute Gasteiger partial charge is 0.491 e. The monoisotopic (exact) mass is 192 g/mol. The van der Waals surface area contributed by atoms with E-state index < -0.39 is 0 Å². The summed E-state index contributed by atoms with van der Waals surface area (Å²) in [6, 6.07) is 7.67. The van der Waals surface area contributed by atoms with Crippen LogP contribution in [-0.4, -0.2) is 11.9 Å². The van der Waals surface area contributed by atoms with Crippen LogP contribution in [0.3, 0.4) is 0 Å². The van der Waals surface area contributed by atoms with E-state index in [-0.39, 0.29) is 11.9 Å². The van der Waals surface area contributed by atoms with E-state index >= 15 is 0 Å². The van der Waals surface area contributed by atoms with E-state index in [1.54, 1.807) is 6.92 Å². The zero-order valence-corrected chi connectivity index (χ0v) is 8.91. The van der Waals surface area contributed by atoms with E-state index in [1.165, 1.54) is 0 Å². The Bertz CT molecular complexity index is 316. The number of para-hydroxylation sites is 1. The van der Waals surface area contributed by atoms with Gasteiger partial charge in [-0.2, -0.15) is 0 Å². The van der Waals surface area contributed by atoms with Crippen molar-refractivity contribution in [3.63, 3.8) is 0 Å². The molecule has 0 aliphatic rings. The summed E-state index contributed by atoms with van der Waals surface area (Å²) in [4.78, 5) is 11.0. The highest BCUT2D eigenvalue weighted by Crippen LogP contribution is 2.19. The normalized spacial score (nSPS) is 10.3. The van der Waals surface area contributed by atoms with E-state index in [0.29, 0.717) is 6.42 Å². The minimum absolute atomic E-state index is 0.142. The fraction of sp³-hybridized carbons (Fsp3) is 0.417. The molecule has 76 valence electrons. The summed E-state index contributed by atoms with van der Waals surface area (Å²) in [6.45, 7) is 5.54. The summed E-state index contributed by atoms with van der Waals surface area (Å²) in [5, 5.41) is 0. The van der Waals surface area contributed by atoms with Gasteiger partial charge in [0.15, 0.2) is 0 Å². The van der Waals surface area contributed by atoms with Crippen LogP contribution in [0.25, 0.3) is 0 Å². The molecule has 0 saturated carbocycles. The van der Waals surface area contributed by atoms with Crippen molar-refractivity contribution in [2.24, 2.45) is 0 Å². The lowest BCUT2D eigenvalue weighted by atomic mass is 10.1. The third kappa shape index (κ3) is 3.21. The van der Waals surface area contributed by atoms with Crippen molar-refractivity contribution in [3.8, 4) is 5.75 Å². The first-order valence-electron chi connectivity index (χ1n) is 4.83. The number of ketones is 1. The van der Waals surface area contributed by atoms with Crippen molar-refractivity contribution in [2.45, 2.75) is 33.3 Å². The number of benzene rings is 1. The molecule has 1 aromatic rings. The minimum Gasteiger partial charge on any atom is -0.491 e. The average Bonchev–Trinajstić information content (AvgIpc) is 2.06. The van der Waals surface area contributed by atoms with Crippen molar-refractivity contribution in [3.05, 3.63) is 29.8 Å². The topological polar surface area (TPSA) is 26.3 Å². The molecule has 0 saturated heterocycles. The second kappa shape index (κ2) is 4.80. The fourth-order valence-corrected chi connectivity index (χ4v) is 1.29. The zero-order valence-electron chi connectivity index (χ0n) is 8.91. The van der Waals surface area contributed by atoms with Gasteiger partial charge >= 0.3 is 0 Å². The van der Waals surface area contributed by atoms with E-state index in [0.717, 1.165) is 11.3 Å². The SMILES string of the molecule is CC(=O)Cc1ccccc1OC(C)C. The Kier molecular flexibility index (Phi) is 3.69. The van der Waals surface area contributed by atoms with E-state index in [9.17, 15) is 4.79 Å². The first-order chi connectivity index (χ1) is 6.59. The number of ether oxygens (including phenoxy) is 1. The standard InChI is InChI=1S/C12H16O2/c1-9(2)14-12-7-5-4-6-11(12)8-10(3)13/h4-7,9H,8H2,1-3H3. The van der Waals surface area contributed by atoms with Crippen LogP contribution in [0.1, 0.15) is 26.3 Å². The van der Waals surface area contributed by atoms with Gasteiger partial charge in [0.25, 0.3) is 0 Å². The number of carbonyl (C=O) groups excluding carboxylic acids is 1. The second-order valence-corrected chi connectivity index (χ2v) is 3.65. The quantitative estimate of drug-likeness (QED) is 0.733. The number of Topliss-reactive ketones (excluding diaryl/α,β-unsaturated/α-hetero) is 1. The van der Waals surface area contributed by atoms with Gasteiger partial charge in [-0.15, -0.1) is 0 Å². The lowest BCUT2D eigenvalue weighted by molar-refractivity contribution is -0.116. The van der Waals surface area contributed by atoms with Gasteiger partial charge in [0.05, 0.1) is 6.10 Å². The number of rotatable bonds is 4. The third-order valence-electron chi connectivity index (χ3n) is 1.77. The smallest absolute Gasteiger partial charge is 0.134 e. The Hall–Kier alpha value is -1.31. The molecule has 2 nitrogen and oxygen atoms in total. The summed E-state index contributed by atoms with van der Waals surface area (Å²) in [7, 11) is 0. The van der Waals surface area contributed by atoms with E-state index in [4.69, 9.17) is 4.74 Å². The van der Waals surface area contributed by atoms with Gasteiger partial charge in [0.2, 0.25) is 0 Å². The maximum Gasteiger partial charge on any atom is 0.134 e. The van der Waals surface area contributed by atoms with Crippen molar-refractivity contribution in [1.29, 1.82) is 0 Å². The summed E-state index contributed by atoms with van der Waals surface area (Å²) < 4.78 is 5.59. The van der Waals surface area contributed by atoms with Gasteiger partial charge < -0.3 is 4.74 Å². The number of carbonyl (C=O) groups is 1. The highest BCUT2D eigenvalue weighted by atomic mass is 16.5. The van der Waals surface area contributed by atoms with Crippen LogP contribution < -0.4 is 4.74 Å². The highest BCUT2D eigenvalue weighted by Gasteiger charge is 2.06. The van der Waals surface area contributed by atoms with Crippen LogP contribution in [0.4, 0.5) is 0 Å². The van der Waals surface area contributed by atoms with Crippen molar-refractivity contribution in [1.82, 2.24) is 0 Å². The minimum atomic E-state index is 0.142. The Morgan fingerprint density at radius 1 is 1.36 bits per heavy atom. The molecule has 0 bridgehead atoms. The summed E-state index contributed by atoms with van der Waals surface area (Å²) >= 11 is 0. The van der Waals surface area contributed by atoms with E-state index in [1.807, 2.05) is 38.1 Å². The van der Waals surface area contributed by atoms with Crippen LogP contribution in [0.15, 0.2) is 24.3 Å². The van der Waals surface area contributed by atoms with Crippen LogP contribution >= 0.6 is 0 Å².